The summed E-state index contributed by atoms with van der Waals surface area (Å²) in [7, 11) is 4.47. The summed E-state index contributed by atoms with van der Waals surface area (Å²) in [6, 6.07) is 9.00. The molecule has 2 aromatic carbocycles. The maximum atomic E-state index is 13.8. The van der Waals surface area contributed by atoms with Gasteiger partial charge in [-0.3, -0.25) is 9.59 Å². The maximum Gasteiger partial charge on any atom is 0.251 e. The van der Waals surface area contributed by atoms with Gasteiger partial charge in [-0.05, 0) is 30.3 Å². The van der Waals surface area contributed by atoms with E-state index >= 15 is 0 Å². The Morgan fingerprint density at radius 2 is 1.85 bits per heavy atom. The molecule has 27 heavy (non-hydrogen) atoms. The Bertz CT molecular complexity index is 824. The van der Waals surface area contributed by atoms with E-state index < -0.39 is 11.7 Å². The van der Waals surface area contributed by atoms with E-state index in [0.717, 1.165) is 0 Å². The van der Waals surface area contributed by atoms with Gasteiger partial charge in [0.05, 0.1) is 20.8 Å². The van der Waals surface area contributed by atoms with Gasteiger partial charge in [-0.2, -0.15) is 0 Å². The number of halogens is 2. The number of hydrogen-bond acceptors (Lipinski definition) is 4. The number of rotatable bonds is 7. The zero-order valence-corrected chi connectivity index (χ0v) is 16.0. The fourth-order valence-corrected chi connectivity index (χ4v) is 2.60. The Labute approximate surface area is 161 Å². The number of carbonyl (C=O) groups is 2. The first-order valence-electron chi connectivity index (χ1n) is 8.04. The van der Waals surface area contributed by atoms with Gasteiger partial charge >= 0.3 is 0 Å². The Balaban J connectivity index is 1.97. The van der Waals surface area contributed by atoms with Crippen molar-refractivity contribution < 1.29 is 23.5 Å². The summed E-state index contributed by atoms with van der Waals surface area (Å²) < 4.78 is 24.1. The Morgan fingerprint density at radius 3 is 2.48 bits per heavy atom. The number of carbonyl (C=O) groups excluding carboxylic acids is 2. The van der Waals surface area contributed by atoms with Crippen molar-refractivity contribution in [1.29, 1.82) is 0 Å². The number of hydrogen-bond donors (Lipinski definition) is 1. The molecule has 2 aromatic rings. The minimum absolute atomic E-state index is 0.00340. The van der Waals surface area contributed by atoms with Crippen molar-refractivity contribution in [2.24, 2.45) is 0 Å². The number of methoxy groups -OCH3 is 2. The molecule has 0 bridgehead atoms. The van der Waals surface area contributed by atoms with Crippen LogP contribution in [-0.4, -0.2) is 44.5 Å². The minimum atomic E-state index is -0.489. The third-order valence-corrected chi connectivity index (χ3v) is 4.28. The standard InChI is InChI=1S/C19H20ClFN2O4/c1-23(11-13-14(20)5-4-6-15(13)21)18(24)10-22-19(25)12-7-8-16(26-2)17(9-12)27-3/h4-9H,10-11H2,1-3H3,(H,22,25). The van der Waals surface area contributed by atoms with Gasteiger partial charge < -0.3 is 19.7 Å². The summed E-state index contributed by atoms with van der Waals surface area (Å²) in [4.78, 5) is 25.8. The summed E-state index contributed by atoms with van der Waals surface area (Å²) in [5.74, 6) is -0.421. The molecular weight excluding hydrogens is 375 g/mol. The summed E-state index contributed by atoms with van der Waals surface area (Å²) >= 11 is 5.97. The molecule has 0 aliphatic rings. The predicted octanol–water partition coefficient (Wildman–Crippen LogP) is 2.88. The van der Waals surface area contributed by atoms with E-state index in [4.69, 9.17) is 21.1 Å². The molecule has 0 saturated heterocycles. The van der Waals surface area contributed by atoms with E-state index in [-0.39, 0.29) is 29.6 Å². The van der Waals surface area contributed by atoms with Gasteiger partial charge in [0.25, 0.3) is 5.91 Å². The molecule has 1 N–H and O–H groups in total. The summed E-state index contributed by atoms with van der Waals surface area (Å²) in [5.41, 5.74) is 0.543. The first-order chi connectivity index (χ1) is 12.9. The van der Waals surface area contributed by atoms with Gasteiger partial charge in [-0.15, -0.1) is 0 Å². The van der Waals surface area contributed by atoms with E-state index in [2.05, 4.69) is 5.32 Å². The van der Waals surface area contributed by atoms with E-state index in [1.54, 1.807) is 18.2 Å². The average Bonchev–Trinajstić information content (AvgIpc) is 2.67. The van der Waals surface area contributed by atoms with Crippen LogP contribution in [0.15, 0.2) is 36.4 Å². The fraction of sp³-hybridized carbons (Fsp3) is 0.263. The number of nitrogens with one attached hydrogen (secondary N) is 1. The lowest BCUT2D eigenvalue weighted by atomic mass is 10.2. The summed E-state index contributed by atoms with van der Waals surface area (Å²) in [6.07, 6.45) is 0. The Hall–Kier alpha value is -2.80. The van der Waals surface area contributed by atoms with Crippen LogP contribution in [-0.2, 0) is 11.3 Å². The molecule has 0 spiro atoms. The molecule has 0 heterocycles. The number of benzene rings is 2. The highest BCUT2D eigenvalue weighted by molar-refractivity contribution is 6.31. The topological polar surface area (TPSA) is 67.9 Å². The van der Waals surface area contributed by atoms with Gasteiger partial charge in [0, 0.05) is 29.7 Å². The van der Waals surface area contributed by atoms with E-state index in [0.29, 0.717) is 17.1 Å². The van der Waals surface area contributed by atoms with Crippen LogP contribution in [0, 0.1) is 5.82 Å². The molecule has 0 saturated carbocycles. The highest BCUT2D eigenvalue weighted by Gasteiger charge is 2.16. The van der Waals surface area contributed by atoms with Crippen LogP contribution in [0.1, 0.15) is 15.9 Å². The van der Waals surface area contributed by atoms with Crippen LogP contribution in [0.2, 0.25) is 5.02 Å². The first-order valence-corrected chi connectivity index (χ1v) is 8.42. The number of nitrogens with zero attached hydrogens (tertiary/aromatic N) is 1. The zero-order valence-electron chi connectivity index (χ0n) is 15.2. The normalized spacial score (nSPS) is 10.3. The lowest BCUT2D eigenvalue weighted by molar-refractivity contribution is -0.129. The van der Waals surface area contributed by atoms with Crippen molar-refractivity contribution in [3.05, 3.63) is 58.4 Å². The third-order valence-electron chi connectivity index (χ3n) is 3.93. The first kappa shape index (κ1) is 20.5. The quantitative estimate of drug-likeness (QED) is 0.784. The van der Waals surface area contributed by atoms with E-state index in [1.165, 1.54) is 44.4 Å². The van der Waals surface area contributed by atoms with Gasteiger partial charge in [0.15, 0.2) is 11.5 Å². The molecule has 8 heteroatoms. The van der Waals surface area contributed by atoms with Crippen molar-refractivity contribution in [3.63, 3.8) is 0 Å². The average molecular weight is 395 g/mol. The van der Waals surface area contributed by atoms with Crippen LogP contribution in [0.25, 0.3) is 0 Å². The van der Waals surface area contributed by atoms with E-state index in [9.17, 15) is 14.0 Å². The lowest BCUT2D eigenvalue weighted by Gasteiger charge is -2.19. The molecule has 144 valence electrons. The van der Waals surface area contributed by atoms with Crippen molar-refractivity contribution >= 4 is 23.4 Å². The van der Waals surface area contributed by atoms with Crippen LogP contribution < -0.4 is 14.8 Å². The monoisotopic (exact) mass is 394 g/mol. The van der Waals surface area contributed by atoms with Crippen LogP contribution in [0.3, 0.4) is 0 Å². The SMILES string of the molecule is COc1ccc(C(=O)NCC(=O)N(C)Cc2c(F)cccc2Cl)cc1OC. The van der Waals surface area contributed by atoms with Crippen LogP contribution in [0.4, 0.5) is 4.39 Å². The van der Waals surface area contributed by atoms with Crippen molar-refractivity contribution in [1.82, 2.24) is 10.2 Å². The molecule has 0 fully saturated rings. The highest BCUT2D eigenvalue weighted by Crippen LogP contribution is 2.27. The summed E-state index contributed by atoms with van der Waals surface area (Å²) in [6.45, 7) is -0.244. The largest absolute Gasteiger partial charge is 0.493 e. The number of ether oxygens (including phenoxy) is 2. The van der Waals surface area contributed by atoms with Crippen molar-refractivity contribution in [2.75, 3.05) is 27.8 Å². The van der Waals surface area contributed by atoms with Crippen molar-refractivity contribution in [3.8, 4) is 11.5 Å². The smallest absolute Gasteiger partial charge is 0.251 e. The number of amides is 2. The molecule has 6 nitrogen and oxygen atoms in total. The van der Waals surface area contributed by atoms with Gasteiger partial charge in [0.2, 0.25) is 5.91 Å². The van der Waals surface area contributed by atoms with Crippen LogP contribution in [0.5, 0.6) is 11.5 Å². The van der Waals surface area contributed by atoms with Gasteiger partial charge in [-0.1, -0.05) is 17.7 Å². The van der Waals surface area contributed by atoms with Gasteiger partial charge in [-0.25, -0.2) is 4.39 Å². The number of likely N-dealkylation sites (N-methyl/N-ethyl adjacent to an activating group) is 1. The van der Waals surface area contributed by atoms with Crippen LogP contribution >= 0.6 is 11.6 Å². The molecule has 2 amide bonds. The van der Waals surface area contributed by atoms with Crippen molar-refractivity contribution in [2.45, 2.75) is 6.54 Å². The molecular formula is C19H20ClFN2O4. The molecule has 0 unspecified atom stereocenters. The fourth-order valence-electron chi connectivity index (χ4n) is 2.38. The second kappa shape index (κ2) is 9.23. The third kappa shape index (κ3) is 5.10. The minimum Gasteiger partial charge on any atom is -0.493 e. The van der Waals surface area contributed by atoms with E-state index in [1.807, 2.05) is 0 Å². The highest BCUT2D eigenvalue weighted by atomic mass is 35.5. The predicted molar refractivity (Wildman–Crippen MR) is 99.8 cm³/mol. The molecule has 0 aliphatic heterocycles. The Kier molecular flexibility index (Phi) is 7.01. The zero-order chi connectivity index (χ0) is 20.0. The molecule has 0 aromatic heterocycles. The Morgan fingerprint density at radius 1 is 1.15 bits per heavy atom. The second-order valence-corrected chi connectivity index (χ2v) is 6.11. The maximum absolute atomic E-state index is 13.8. The molecule has 0 atom stereocenters. The summed E-state index contributed by atoms with van der Waals surface area (Å²) in [5, 5.41) is 2.77. The molecule has 2 rings (SSSR count). The molecule has 0 radical (unpaired) electrons. The lowest BCUT2D eigenvalue weighted by Crippen LogP contribution is -2.38. The molecule has 0 aliphatic carbocycles. The second-order valence-electron chi connectivity index (χ2n) is 5.70. The van der Waals surface area contributed by atoms with Gasteiger partial charge in [0.1, 0.15) is 5.82 Å².